The van der Waals surface area contributed by atoms with E-state index in [1.807, 2.05) is 18.2 Å². The molecule has 1 aromatic carbocycles. The summed E-state index contributed by atoms with van der Waals surface area (Å²) in [5, 5.41) is 6.55. The first-order valence-electron chi connectivity index (χ1n) is 7.75. The van der Waals surface area contributed by atoms with E-state index in [-0.39, 0.29) is 18.0 Å². The smallest absolute Gasteiger partial charge is 0.237 e. The lowest BCUT2D eigenvalue weighted by Crippen LogP contribution is -2.47. The van der Waals surface area contributed by atoms with E-state index >= 15 is 0 Å². The molecule has 1 saturated heterocycles. The van der Waals surface area contributed by atoms with Crippen LogP contribution < -0.4 is 10.6 Å². The van der Waals surface area contributed by atoms with Gasteiger partial charge in [0.2, 0.25) is 5.91 Å². The van der Waals surface area contributed by atoms with Gasteiger partial charge in [-0.1, -0.05) is 50.6 Å². The van der Waals surface area contributed by atoms with Crippen LogP contribution in [0, 0.1) is 5.92 Å². The molecular formula is C17H26N2O. The minimum Gasteiger partial charge on any atom is -0.348 e. The first kappa shape index (κ1) is 15.0. The van der Waals surface area contributed by atoms with E-state index in [2.05, 4.69) is 36.6 Å². The summed E-state index contributed by atoms with van der Waals surface area (Å²) in [4.78, 5) is 12.4. The Morgan fingerprint density at radius 3 is 2.65 bits per heavy atom. The summed E-state index contributed by atoms with van der Waals surface area (Å²) in [6.07, 6.45) is 4.25. The first-order valence-corrected chi connectivity index (χ1v) is 7.75. The van der Waals surface area contributed by atoms with Gasteiger partial charge in [0, 0.05) is 0 Å². The summed E-state index contributed by atoms with van der Waals surface area (Å²) in [5.74, 6) is 0.707. The van der Waals surface area contributed by atoms with Gasteiger partial charge in [-0.2, -0.15) is 0 Å². The maximum absolute atomic E-state index is 12.4. The zero-order valence-corrected chi connectivity index (χ0v) is 12.6. The van der Waals surface area contributed by atoms with Gasteiger partial charge in [0.25, 0.3) is 0 Å². The maximum Gasteiger partial charge on any atom is 0.237 e. The lowest BCUT2D eigenvalue weighted by atomic mass is 9.96. The Kier molecular flexibility index (Phi) is 5.60. The molecule has 1 aliphatic heterocycles. The highest BCUT2D eigenvalue weighted by Crippen LogP contribution is 2.21. The fourth-order valence-electron chi connectivity index (χ4n) is 2.78. The Morgan fingerprint density at radius 1 is 1.30 bits per heavy atom. The van der Waals surface area contributed by atoms with Crippen LogP contribution in [0.4, 0.5) is 0 Å². The zero-order chi connectivity index (χ0) is 14.4. The minimum atomic E-state index is -0.0119. The van der Waals surface area contributed by atoms with E-state index in [0.29, 0.717) is 5.92 Å². The number of amides is 1. The summed E-state index contributed by atoms with van der Waals surface area (Å²) in [6, 6.07) is 10.4. The Labute approximate surface area is 122 Å². The van der Waals surface area contributed by atoms with Gasteiger partial charge in [-0.3, -0.25) is 4.79 Å². The molecule has 1 heterocycles. The molecule has 20 heavy (non-hydrogen) atoms. The van der Waals surface area contributed by atoms with Crippen LogP contribution >= 0.6 is 0 Å². The number of hydrogen-bond acceptors (Lipinski definition) is 2. The van der Waals surface area contributed by atoms with Crippen molar-refractivity contribution in [2.45, 2.75) is 51.6 Å². The standard InChI is InChI=1S/C17H26N2O/c1-13(2)12-16(14-8-4-3-5-9-14)19-17(20)15-10-6-7-11-18-15/h3-5,8-9,13,15-16,18H,6-7,10-12H2,1-2H3,(H,19,20). The lowest BCUT2D eigenvalue weighted by molar-refractivity contribution is -0.124. The van der Waals surface area contributed by atoms with E-state index < -0.39 is 0 Å². The highest BCUT2D eigenvalue weighted by atomic mass is 16.2. The number of benzene rings is 1. The first-order chi connectivity index (χ1) is 9.66. The quantitative estimate of drug-likeness (QED) is 0.866. The molecular weight excluding hydrogens is 248 g/mol. The number of carbonyl (C=O) groups excluding carboxylic acids is 1. The number of nitrogens with one attached hydrogen (secondary N) is 2. The van der Waals surface area contributed by atoms with Crippen LogP contribution in [0.5, 0.6) is 0 Å². The fourth-order valence-corrected chi connectivity index (χ4v) is 2.78. The molecule has 0 bridgehead atoms. The molecule has 0 radical (unpaired) electrons. The molecule has 0 aliphatic carbocycles. The molecule has 2 N–H and O–H groups in total. The molecule has 1 amide bonds. The van der Waals surface area contributed by atoms with Crippen molar-refractivity contribution in [3.8, 4) is 0 Å². The second kappa shape index (κ2) is 7.44. The normalized spacial score (nSPS) is 20.6. The van der Waals surface area contributed by atoms with Gasteiger partial charge in [0.1, 0.15) is 0 Å². The minimum absolute atomic E-state index is 0.0119. The van der Waals surface area contributed by atoms with Gasteiger partial charge in [-0.25, -0.2) is 0 Å². The summed E-state index contributed by atoms with van der Waals surface area (Å²) >= 11 is 0. The molecule has 1 aromatic rings. The summed E-state index contributed by atoms with van der Waals surface area (Å²) in [6.45, 7) is 5.35. The van der Waals surface area contributed by atoms with Crippen molar-refractivity contribution in [3.05, 3.63) is 35.9 Å². The third kappa shape index (κ3) is 4.34. The molecule has 0 aromatic heterocycles. The second-order valence-corrected chi connectivity index (χ2v) is 6.10. The van der Waals surface area contributed by atoms with Crippen LogP contribution in [0.25, 0.3) is 0 Å². The highest BCUT2D eigenvalue weighted by Gasteiger charge is 2.23. The van der Waals surface area contributed by atoms with E-state index in [1.54, 1.807) is 0 Å². The van der Waals surface area contributed by atoms with Crippen molar-refractivity contribution < 1.29 is 4.79 Å². The van der Waals surface area contributed by atoms with E-state index in [1.165, 1.54) is 12.0 Å². The van der Waals surface area contributed by atoms with Crippen LogP contribution in [-0.2, 0) is 4.79 Å². The van der Waals surface area contributed by atoms with Crippen molar-refractivity contribution in [3.63, 3.8) is 0 Å². The van der Waals surface area contributed by atoms with E-state index in [9.17, 15) is 4.79 Å². The predicted octanol–water partition coefficient (Wildman–Crippen LogP) is 3.03. The van der Waals surface area contributed by atoms with Gasteiger partial charge in [-0.05, 0) is 37.3 Å². The van der Waals surface area contributed by atoms with Gasteiger partial charge in [0.05, 0.1) is 12.1 Å². The largest absolute Gasteiger partial charge is 0.348 e. The van der Waals surface area contributed by atoms with Crippen LogP contribution in [-0.4, -0.2) is 18.5 Å². The van der Waals surface area contributed by atoms with Crippen molar-refractivity contribution >= 4 is 5.91 Å². The number of piperidine rings is 1. The Bertz CT molecular complexity index is 410. The molecule has 0 saturated carbocycles. The third-order valence-electron chi connectivity index (χ3n) is 3.85. The van der Waals surface area contributed by atoms with Crippen molar-refractivity contribution in [2.75, 3.05) is 6.54 Å². The maximum atomic E-state index is 12.4. The summed E-state index contributed by atoms with van der Waals surface area (Å²) in [7, 11) is 0. The van der Waals surface area contributed by atoms with Crippen molar-refractivity contribution in [1.82, 2.24) is 10.6 Å². The fraction of sp³-hybridized carbons (Fsp3) is 0.588. The lowest BCUT2D eigenvalue weighted by Gasteiger charge is -2.27. The van der Waals surface area contributed by atoms with Crippen LogP contribution in [0.1, 0.15) is 51.1 Å². The van der Waals surface area contributed by atoms with E-state index in [4.69, 9.17) is 0 Å². The zero-order valence-electron chi connectivity index (χ0n) is 12.6. The number of carbonyl (C=O) groups is 1. The molecule has 3 heteroatoms. The van der Waals surface area contributed by atoms with Gasteiger partial charge >= 0.3 is 0 Å². The third-order valence-corrected chi connectivity index (χ3v) is 3.85. The van der Waals surface area contributed by atoms with E-state index in [0.717, 1.165) is 25.8 Å². The second-order valence-electron chi connectivity index (χ2n) is 6.10. The molecule has 3 nitrogen and oxygen atoms in total. The number of hydrogen-bond donors (Lipinski definition) is 2. The molecule has 110 valence electrons. The summed E-state index contributed by atoms with van der Waals surface area (Å²) in [5.41, 5.74) is 1.20. The molecule has 2 rings (SSSR count). The van der Waals surface area contributed by atoms with Gasteiger partial charge in [-0.15, -0.1) is 0 Å². The molecule has 0 spiro atoms. The monoisotopic (exact) mass is 274 g/mol. The highest BCUT2D eigenvalue weighted by molar-refractivity contribution is 5.82. The van der Waals surface area contributed by atoms with Crippen molar-refractivity contribution in [2.24, 2.45) is 5.92 Å². The van der Waals surface area contributed by atoms with Gasteiger partial charge < -0.3 is 10.6 Å². The Balaban J connectivity index is 2.01. The Morgan fingerprint density at radius 2 is 2.05 bits per heavy atom. The summed E-state index contributed by atoms with van der Waals surface area (Å²) < 4.78 is 0. The average Bonchev–Trinajstić information content (AvgIpc) is 2.48. The predicted molar refractivity (Wildman–Crippen MR) is 82.4 cm³/mol. The van der Waals surface area contributed by atoms with Crippen LogP contribution in [0.15, 0.2) is 30.3 Å². The Hall–Kier alpha value is -1.35. The van der Waals surface area contributed by atoms with Crippen LogP contribution in [0.2, 0.25) is 0 Å². The molecule has 2 atom stereocenters. The molecule has 1 aliphatic rings. The SMILES string of the molecule is CC(C)CC(NC(=O)C1CCCCN1)c1ccccc1. The average molecular weight is 274 g/mol. The topological polar surface area (TPSA) is 41.1 Å². The number of rotatable bonds is 5. The molecule has 1 fully saturated rings. The molecule has 2 unspecified atom stereocenters. The van der Waals surface area contributed by atoms with Crippen LogP contribution in [0.3, 0.4) is 0 Å². The van der Waals surface area contributed by atoms with Gasteiger partial charge in [0.15, 0.2) is 0 Å². The van der Waals surface area contributed by atoms with Crippen molar-refractivity contribution in [1.29, 1.82) is 0 Å².